The molecule has 21 heterocycles. The molecule has 0 radical (unpaired) electrons. The number of aliphatic hydroxyl groups is 19. The highest BCUT2D eigenvalue weighted by atomic mass is 32.1. The van der Waals surface area contributed by atoms with Gasteiger partial charge < -0.3 is 169 Å². The van der Waals surface area contributed by atoms with Crippen LogP contribution in [0.4, 0.5) is 0 Å². The second-order valence-corrected chi connectivity index (χ2v) is 20.3. The van der Waals surface area contributed by atoms with Crippen LogP contribution in [0.2, 0.25) is 0 Å². The zero-order valence-corrected chi connectivity index (χ0v) is 41.3. The van der Waals surface area contributed by atoms with Crippen molar-refractivity contribution in [2.45, 2.75) is 214 Å². The highest BCUT2D eigenvalue weighted by molar-refractivity contribution is 7.81. The molecule has 448 valence electrons. The van der Waals surface area contributed by atoms with Crippen LogP contribution in [0.5, 0.6) is 0 Å². The summed E-state index contributed by atoms with van der Waals surface area (Å²) in [5.41, 5.74) is 6.52. The van der Waals surface area contributed by atoms with Crippen molar-refractivity contribution < 1.29 is 163 Å². The monoisotopic (exact) mass is 1150 g/mol. The van der Waals surface area contributed by atoms with E-state index in [0.717, 1.165) is 0 Å². The zero-order chi connectivity index (χ0) is 56.1. The minimum absolute atomic E-state index is 0.890. The third-order valence-corrected chi connectivity index (χ3v) is 15.5. The quantitative estimate of drug-likeness (QED) is 0.105. The Morgan fingerprint density at radius 3 is 0.584 bits per heavy atom. The fourth-order valence-electron chi connectivity index (χ4n) is 10.5. The fourth-order valence-corrected chi connectivity index (χ4v) is 10.8. The average molecular weight is 1150 g/mol. The molecule has 0 aromatic heterocycles. The van der Waals surface area contributed by atoms with Crippen LogP contribution in [0.25, 0.3) is 0 Å². The summed E-state index contributed by atoms with van der Waals surface area (Å²) in [7, 11) is 0. The molecule has 0 unspecified atom stereocenters. The lowest BCUT2D eigenvalue weighted by Crippen LogP contribution is -2.68. The molecular weight excluding hydrogens is 1080 g/mol. The Morgan fingerprint density at radius 2 is 0.390 bits per heavy atom. The molecule has 0 amide bonds. The van der Waals surface area contributed by atoms with Crippen molar-refractivity contribution in [3.05, 3.63) is 0 Å². The van der Waals surface area contributed by atoms with Gasteiger partial charge in [-0.3, -0.25) is 0 Å². The molecule has 35 heteroatoms. The van der Waals surface area contributed by atoms with Crippen LogP contribution in [0.15, 0.2) is 0 Å². The smallest absolute Gasteiger partial charge is 0.187 e. The largest absolute Gasteiger partial charge is 0.394 e. The van der Waals surface area contributed by atoms with Crippen LogP contribution in [0, 0.1) is 0 Å². The molecule has 21 aliphatic heterocycles. The Kier molecular flexibility index (Phi) is 21.2. The molecule has 21 aliphatic rings. The molecule has 35 atom stereocenters. The van der Waals surface area contributed by atoms with E-state index in [9.17, 15) is 97.0 Å². The maximum atomic E-state index is 11.4. The highest BCUT2D eigenvalue weighted by Crippen LogP contribution is 2.39. The number of rotatable bonds is 7. The maximum absolute atomic E-state index is 11.4. The summed E-state index contributed by atoms with van der Waals surface area (Å²) in [4.78, 5) is 0. The third kappa shape index (κ3) is 12.2. The Labute approximate surface area is 441 Å². The van der Waals surface area contributed by atoms with Gasteiger partial charge in [0, 0.05) is 0 Å². The molecule has 21 saturated heterocycles. The van der Waals surface area contributed by atoms with Gasteiger partial charge in [-0.15, -0.1) is 0 Å². The van der Waals surface area contributed by atoms with Crippen LogP contribution < -0.4 is 5.73 Å². The van der Waals surface area contributed by atoms with E-state index in [2.05, 4.69) is 12.6 Å². The van der Waals surface area contributed by atoms with Gasteiger partial charge in [0.05, 0.1) is 57.5 Å². The second kappa shape index (κ2) is 26.3. The number of nitrogens with two attached hydrogens (primary N) is 1. The van der Waals surface area contributed by atoms with Gasteiger partial charge in [-0.25, -0.2) is 0 Å². The topological polar surface area (TPSA) is 540 Å². The SMILES string of the molecule is N[C@@H]1[C@@H](S)[C@H]2O[C@H]3[C@H](O)[C@@H](O)[C@@H](O[C@H]4[C@H](O)[C@@H](O)[C@@H](O[C@H]5[C@H](O)[C@@H](O)[C@@H](O[C@H]6[C@H](O)[C@@H](O)[C@@H](O[C@H]7[C@H](O)[C@@H](O)[C@@H](O[C@H]8[C@H](O)[C@@H](O)[C@@H](O[C@@H]1[C@@H](CO)O2)O[C@@H]8CO)O[C@@H]7CO)O[C@@H]6CO)O[C@@H]5CO)O[C@@H]4CO)O[C@@H]3CO. The first-order chi connectivity index (χ1) is 36.7. The predicted octanol–water partition coefficient (Wildman–Crippen LogP) is -14.3. The lowest BCUT2D eigenvalue weighted by molar-refractivity contribution is -0.396. The lowest BCUT2D eigenvalue weighted by Gasteiger charge is -2.50. The average Bonchev–Trinajstić information content (AvgIpc) is 3.45. The van der Waals surface area contributed by atoms with Gasteiger partial charge in [0.15, 0.2) is 44.0 Å². The van der Waals surface area contributed by atoms with Crippen molar-refractivity contribution in [3.8, 4) is 0 Å². The van der Waals surface area contributed by atoms with Crippen molar-refractivity contribution >= 4 is 12.6 Å². The minimum atomic E-state index is -2.19. The van der Waals surface area contributed by atoms with Gasteiger partial charge in [-0.1, -0.05) is 0 Å². The maximum Gasteiger partial charge on any atom is 0.187 e. The highest BCUT2D eigenvalue weighted by Gasteiger charge is 2.59. The summed E-state index contributed by atoms with van der Waals surface area (Å²) in [5, 5.41) is 207. The van der Waals surface area contributed by atoms with E-state index in [1.807, 2.05) is 0 Å². The molecule has 0 aromatic rings. The van der Waals surface area contributed by atoms with Crippen molar-refractivity contribution in [2.24, 2.45) is 5.73 Å². The Morgan fingerprint density at radius 1 is 0.234 bits per heavy atom. The Balaban J connectivity index is 1.08. The lowest BCUT2D eigenvalue weighted by atomic mass is 9.95. The normalized spacial score (nSPS) is 55.4. The van der Waals surface area contributed by atoms with Crippen LogP contribution in [-0.2, 0) is 66.3 Å². The molecule has 0 aliphatic carbocycles. The predicted molar refractivity (Wildman–Crippen MR) is 237 cm³/mol. The van der Waals surface area contributed by atoms with E-state index in [1.165, 1.54) is 0 Å². The first-order valence-corrected chi connectivity index (χ1v) is 25.2. The summed E-state index contributed by atoms with van der Waals surface area (Å²) in [5.74, 6) is 0. The number of thiol groups is 1. The van der Waals surface area contributed by atoms with Gasteiger partial charge in [-0.2, -0.15) is 12.6 Å². The van der Waals surface area contributed by atoms with Gasteiger partial charge >= 0.3 is 0 Å². The molecule has 0 saturated carbocycles. The van der Waals surface area contributed by atoms with E-state index in [4.69, 9.17) is 72.0 Å². The Hall–Kier alpha value is -1.01. The number of hydrogen-bond donors (Lipinski definition) is 21. The van der Waals surface area contributed by atoms with E-state index in [-0.39, 0.29) is 0 Å². The zero-order valence-electron chi connectivity index (χ0n) is 40.4. The minimum Gasteiger partial charge on any atom is -0.394 e. The first-order valence-electron chi connectivity index (χ1n) is 24.7. The Bertz CT molecular complexity index is 1480. The van der Waals surface area contributed by atoms with Gasteiger partial charge in [0.25, 0.3) is 0 Å². The molecule has 0 aromatic carbocycles. The molecule has 77 heavy (non-hydrogen) atoms. The molecule has 21 N–H and O–H groups in total. The van der Waals surface area contributed by atoms with E-state index in [0.29, 0.717) is 0 Å². The van der Waals surface area contributed by atoms with E-state index >= 15 is 0 Å². The third-order valence-electron chi connectivity index (χ3n) is 14.9. The van der Waals surface area contributed by atoms with Gasteiger partial charge in [0.2, 0.25) is 0 Å². The van der Waals surface area contributed by atoms with Crippen molar-refractivity contribution in [2.75, 3.05) is 46.2 Å². The van der Waals surface area contributed by atoms with Gasteiger partial charge in [0.1, 0.15) is 159 Å². The second-order valence-electron chi connectivity index (χ2n) is 19.7. The molecular formula is C42H71NO33S. The van der Waals surface area contributed by atoms with Crippen LogP contribution >= 0.6 is 12.6 Å². The molecule has 0 spiro atoms. The van der Waals surface area contributed by atoms with E-state index < -0.39 is 260 Å². The summed E-state index contributed by atoms with van der Waals surface area (Å²) >= 11 is 4.49. The van der Waals surface area contributed by atoms with Crippen molar-refractivity contribution in [1.82, 2.24) is 0 Å². The fraction of sp³-hybridized carbons (Fsp3) is 1.00. The van der Waals surface area contributed by atoms with Crippen LogP contribution in [-0.4, -0.2) is 357 Å². The molecule has 14 bridgehead atoms. The van der Waals surface area contributed by atoms with Crippen LogP contribution in [0.1, 0.15) is 0 Å². The van der Waals surface area contributed by atoms with Gasteiger partial charge in [-0.05, 0) is 0 Å². The molecule has 21 fully saturated rings. The first kappa shape index (κ1) is 62.0. The van der Waals surface area contributed by atoms with Crippen molar-refractivity contribution in [3.63, 3.8) is 0 Å². The molecule has 34 nitrogen and oxygen atoms in total. The number of ether oxygens (including phenoxy) is 14. The number of aliphatic hydroxyl groups excluding tert-OH is 19. The summed E-state index contributed by atoms with van der Waals surface area (Å²) in [6.45, 7) is -6.93. The summed E-state index contributed by atoms with van der Waals surface area (Å²) in [6, 6.07) is -1.36. The van der Waals surface area contributed by atoms with Crippen LogP contribution in [0.3, 0.4) is 0 Å². The summed E-state index contributed by atoms with van der Waals surface area (Å²) < 4.78 is 80.7. The summed E-state index contributed by atoms with van der Waals surface area (Å²) in [6.07, 6.45) is -63.2. The number of hydrogen-bond acceptors (Lipinski definition) is 35. The standard InChI is InChI=1S/C42H71NO33S/c43-15-28-8(1-44)69-42(35(15)77)76-34-14(7-50)68-41(27(62)21(34)56)75-33-13(6-49)67-40(26(61)20(33)55)74-32-12(5-48)66-39(25(60)19(32)54)73-31-11(4-47)65-38(24(59)18(31)53)72-30-10(3-46)64-37(23(58)17(30)52)71-29-9(2-45)63-36(70-28)22(57)16(29)51/h8-42,44-62,77H,1-7,43H2/t8-,9-,10-,11-,12-,13-,14-,15+,16-,17-,18-,19-,20-,21-,22-,23-,24-,25-,26-,27-,28-,29-,30-,31-,32-,33-,34-,35-,36-,37-,38-,39-,40-,41-,42-/m1/s1. The van der Waals surface area contributed by atoms with Crippen molar-refractivity contribution in [1.29, 1.82) is 0 Å². The van der Waals surface area contributed by atoms with E-state index in [1.54, 1.807) is 0 Å². The molecule has 21 rings (SSSR count).